The first-order chi connectivity index (χ1) is 6.62. The molecule has 0 bridgehead atoms. The molecule has 4 nitrogen and oxygen atoms in total. The number of aliphatic hydroxyl groups is 1. The topological polar surface area (TPSA) is 66.6 Å². The van der Waals surface area contributed by atoms with Crippen molar-refractivity contribution in [3.05, 3.63) is 0 Å². The monoisotopic (exact) mass is 198 g/mol. The smallest absolute Gasteiger partial charge is 0.242 e. The summed E-state index contributed by atoms with van der Waals surface area (Å²) in [4.78, 5) is 13.7. The van der Waals surface area contributed by atoms with E-state index in [1.54, 1.807) is 4.90 Å². The molecule has 1 aliphatic heterocycles. The lowest BCUT2D eigenvalue weighted by molar-refractivity contribution is -0.136. The van der Waals surface area contributed by atoms with Crippen molar-refractivity contribution in [2.45, 2.75) is 43.7 Å². The second kappa shape index (κ2) is 3.51. The van der Waals surface area contributed by atoms with Crippen LogP contribution in [0.2, 0.25) is 0 Å². The molecule has 0 aromatic rings. The Labute approximate surface area is 84.1 Å². The van der Waals surface area contributed by atoms with E-state index in [0.29, 0.717) is 19.5 Å². The fourth-order valence-corrected chi connectivity index (χ4v) is 2.46. The summed E-state index contributed by atoms with van der Waals surface area (Å²) in [6.07, 6.45) is 4.07. The van der Waals surface area contributed by atoms with E-state index in [-0.39, 0.29) is 12.0 Å². The van der Waals surface area contributed by atoms with E-state index in [1.165, 1.54) is 0 Å². The average molecular weight is 198 g/mol. The lowest BCUT2D eigenvalue weighted by Gasteiger charge is -2.28. The number of β-amino-alcohol motifs (C(OH)–C–C–N with tert-alkyl or cyclic N) is 1. The zero-order chi connectivity index (χ0) is 10.2. The molecule has 0 aromatic heterocycles. The molecule has 1 saturated heterocycles. The van der Waals surface area contributed by atoms with Crippen molar-refractivity contribution < 1.29 is 9.90 Å². The van der Waals surface area contributed by atoms with Crippen LogP contribution in [0.15, 0.2) is 0 Å². The number of nitrogens with two attached hydrogens (primary N) is 1. The quantitative estimate of drug-likeness (QED) is 0.616. The van der Waals surface area contributed by atoms with Crippen LogP contribution < -0.4 is 5.73 Å². The summed E-state index contributed by atoms with van der Waals surface area (Å²) < 4.78 is 0. The minimum absolute atomic E-state index is 0.0477. The van der Waals surface area contributed by atoms with Crippen molar-refractivity contribution in [1.82, 2.24) is 4.90 Å². The van der Waals surface area contributed by atoms with Gasteiger partial charge < -0.3 is 15.7 Å². The number of nitrogens with zero attached hydrogens (tertiary/aromatic N) is 1. The molecule has 14 heavy (non-hydrogen) atoms. The Balaban J connectivity index is 2.00. The van der Waals surface area contributed by atoms with Gasteiger partial charge in [-0.1, -0.05) is 12.8 Å². The van der Waals surface area contributed by atoms with Crippen LogP contribution in [-0.2, 0) is 4.79 Å². The third kappa shape index (κ3) is 1.64. The predicted octanol–water partition coefficient (Wildman–Crippen LogP) is -0.149. The first-order valence-electron chi connectivity index (χ1n) is 5.38. The maximum atomic E-state index is 12.0. The molecule has 0 spiro atoms. The summed E-state index contributed by atoms with van der Waals surface area (Å²) in [5.41, 5.74) is 5.43. The minimum atomic E-state index is -0.621. The zero-order valence-corrected chi connectivity index (χ0v) is 8.41. The van der Waals surface area contributed by atoms with Gasteiger partial charge in [0.2, 0.25) is 5.91 Å². The Morgan fingerprint density at radius 1 is 1.43 bits per heavy atom. The molecule has 1 aliphatic carbocycles. The highest BCUT2D eigenvalue weighted by Crippen LogP contribution is 2.30. The van der Waals surface area contributed by atoms with Gasteiger partial charge >= 0.3 is 0 Å². The Bertz CT molecular complexity index is 236. The number of aliphatic hydroxyl groups excluding tert-OH is 1. The maximum Gasteiger partial charge on any atom is 0.242 e. The number of hydrogen-bond acceptors (Lipinski definition) is 3. The van der Waals surface area contributed by atoms with Crippen molar-refractivity contribution in [1.29, 1.82) is 0 Å². The van der Waals surface area contributed by atoms with Gasteiger partial charge in [0, 0.05) is 13.1 Å². The van der Waals surface area contributed by atoms with Crippen molar-refractivity contribution in [2.24, 2.45) is 5.73 Å². The molecule has 1 heterocycles. The highest BCUT2D eigenvalue weighted by molar-refractivity contribution is 5.86. The molecule has 80 valence electrons. The van der Waals surface area contributed by atoms with Crippen LogP contribution in [0.3, 0.4) is 0 Å². The predicted molar refractivity (Wildman–Crippen MR) is 52.6 cm³/mol. The van der Waals surface area contributed by atoms with Crippen LogP contribution in [0, 0.1) is 0 Å². The van der Waals surface area contributed by atoms with Gasteiger partial charge in [-0.2, -0.15) is 0 Å². The highest BCUT2D eigenvalue weighted by atomic mass is 16.3. The Morgan fingerprint density at radius 2 is 2.07 bits per heavy atom. The normalized spacial score (nSPS) is 31.0. The molecule has 1 saturated carbocycles. The van der Waals surface area contributed by atoms with Gasteiger partial charge in [0.25, 0.3) is 0 Å². The Hall–Kier alpha value is -0.610. The molecule has 0 unspecified atom stereocenters. The number of rotatable bonds is 1. The van der Waals surface area contributed by atoms with Crippen molar-refractivity contribution >= 4 is 5.91 Å². The standard InChI is InChI=1S/C10H18N2O2/c11-10(4-1-2-5-10)9(14)12-6-3-8(13)7-12/h8,13H,1-7,11H2/t8-/m0/s1. The maximum absolute atomic E-state index is 12.0. The highest BCUT2D eigenvalue weighted by Gasteiger charge is 2.41. The second-order valence-electron chi connectivity index (χ2n) is 4.56. The molecule has 2 fully saturated rings. The van der Waals surface area contributed by atoms with E-state index < -0.39 is 5.54 Å². The third-order valence-electron chi connectivity index (χ3n) is 3.37. The van der Waals surface area contributed by atoms with Crippen LogP contribution >= 0.6 is 0 Å². The van der Waals surface area contributed by atoms with Crippen molar-refractivity contribution in [2.75, 3.05) is 13.1 Å². The average Bonchev–Trinajstić information content (AvgIpc) is 2.74. The first kappa shape index (κ1) is 9.93. The van der Waals surface area contributed by atoms with Gasteiger partial charge in [-0.3, -0.25) is 4.79 Å². The third-order valence-corrected chi connectivity index (χ3v) is 3.37. The summed E-state index contributed by atoms with van der Waals surface area (Å²) in [5.74, 6) is 0.0477. The van der Waals surface area contributed by atoms with Crippen LogP contribution in [0.4, 0.5) is 0 Å². The summed E-state index contributed by atoms with van der Waals surface area (Å²) in [7, 11) is 0. The van der Waals surface area contributed by atoms with Crippen LogP contribution in [0.5, 0.6) is 0 Å². The Kier molecular flexibility index (Phi) is 2.49. The van der Waals surface area contributed by atoms with Crippen molar-refractivity contribution in [3.8, 4) is 0 Å². The zero-order valence-electron chi connectivity index (χ0n) is 8.41. The summed E-state index contributed by atoms with van der Waals surface area (Å²) in [6, 6.07) is 0. The number of carbonyl (C=O) groups excluding carboxylic acids is 1. The van der Waals surface area contributed by atoms with Crippen LogP contribution in [0.1, 0.15) is 32.1 Å². The van der Waals surface area contributed by atoms with E-state index in [1.807, 2.05) is 0 Å². The molecule has 3 N–H and O–H groups in total. The van der Waals surface area contributed by atoms with E-state index in [2.05, 4.69) is 0 Å². The van der Waals surface area contributed by atoms with Gasteiger partial charge in [-0.25, -0.2) is 0 Å². The number of amides is 1. The lowest BCUT2D eigenvalue weighted by Crippen LogP contribution is -2.53. The fourth-order valence-electron chi connectivity index (χ4n) is 2.46. The fraction of sp³-hybridized carbons (Fsp3) is 0.900. The molecule has 1 amide bonds. The summed E-state index contributed by atoms with van der Waals surface area (Å²) in [5, 5.41) is 9.34. The van der Waals surface area contributed by atoms with Gasteiger partial charge in [0.15, 0.2) is 0 Å². The van der Waals surface area contributed by atoms with Gasteiger partial charge in [-0.15, -0.1) is 0 Å². The molecule has 0 aromatic carbocycles. The lowest BCUT2D eigenvalue weighted by atomic mass is 9.97. The van der Waals surface area contributed by atoms with Gasteiger partial charge in [0.1, 0.15) is 0 Å². The molecule has 1 atom stereocenters. The summed E-state index contributed by atoms with van der Waals surface area (Å²) in [6.45, 7) is 1.14. The SMILES string of the molecule is NC1(C(=O)N2CC[C@H](O)C2)CCCC1. The van der Waals surface area contributed by atoms with E-state index >= 15 is 0 Å². The molecular weight excluding hydrogens is 180 g/mol. The molecule has 0 radical (unpaired) electrons. The van der Waals surface area contributed by atoms with Crippen molar-refractivity contribution in [3.63, 3.8) is 0 Å². The molecule has 2 rings (SSSR count). The van der Waals surface area contributed by atoms with E-state index in [4.69, 9.17) is 5.73 Å². The van der Waals surface area contributed by atoms with E-state index in [9.17, 15) is 9.90 Å². The number of hydrogen-bond donors (Lipinski definition) is 2. The Morgan fingerprint density at radius 3 is 2.57 bits per heavy atom. The van der Waals surface area contributed by atoms with Gasteiger partial charge in [-0.05, 0) is 19.3 Å². The van der Waals surface area contributed by atoms with Crippen LogP contribution in [0.25, 0.3) is 0 Å². The summed E-state index contributed by atoms with van der Waals surface area (Å²) >= 11 is 0. The van der Waals surface area contributed by atoms with Crippen LogP contribution in [-0.4, -0.2) is 40.6 Å². The first-order valence-corrected chi connectivity index (χ1v) is 5.38. The number of likely N-dealkylation sites (tertiary alicyclic amines) is 1. The molecular formula is C10H18N2O2. The molecule has 2 aliphatic rings. The number of carbonyl (C=O) groups is 1. The largest absolute Gasteiger partial charge is 0.391 e. The minimum Gasteiger partial charge on any atom is -0.391 e. The van der Waals surface area contributed by atoms with E-state index in [0.717, 1.165) is 25.7 Å². The molecule has 4 heteroatoms. The second-order valence-corrected chi connectivity index (χ2v) is 4.56. The van der Waals surface area contributed by atoms with Gasteiger partial charge in [0.05, 0.1) is 11.6 Å².